The van der Waals surface area contributed by atoms with E-state index >= 15 is 0 Å². The zero-order valence-corrected chi connectivity index (χ0v) is 12.3. The number of hydrogen-bond donors (Lipinski definition) is 1. The summed E-state index contributed by atoms with van der Waals surface area (Å²) >= 11 is 5.80. The van der Waals surface area contributed by atoms with Crippen LogP contribution in [0.2, 0.25) is 5.15 Å². The van der Waals surface area contributed by atoms with E-state index in [9.17, 15) is 14.9 Å². The molecular weight excluding hydrogens is 284 g/mol. The van der Waals surface area contributed by atoms with Crippen molar-refractivity contribution in [2.24, 2.45) is 0 Å². The van der Waals surface area contributed by atoms with Crippen LogP contribution in [0, 0.1) is 10.1 Å². The SMILES string of the molecule is CC(CCN(C)C)NC(=O)c1cc([N+](=O)[O-])cnc1Cl. The Morgan fingerprint density at radius 3 is 2.80 bits per heavy atom. The van der Waals surface area contributed by atoms with Crippen LogP contribution in [0.3, 0.4) is 0 Å². The first-order valence-corrected chi connectivity index (χ1v) is 6.44. The lowest BCUT2D eigenvalue weighted by atomic mass is 10.2. The molecule has 0 saturated carbocycles. The van der Waals surface area contributed by atoms with Gasteiger partial charge in [0.2, 0.25) is 0 Å². The van der Waals surface area contributed by atoms with Crippen molar-refractivity contribution in [2.75, 3.05) is 20.6 Å². The van der Waals surface area contributed by atoms with E-state index in [0.717, 1.165) is 25.2 Å². The van der Waals surface area contributed by atoms with Crippen molar-refractivity contribution in [2.45, 2.75) is 19.4 Å². The summed E-state index contributed by atoms with van der Waals surface area (Å²) in [5.74, 6) is -0.461. The molecule has 8 heteroatoms. The van der Waals surface area contributed by atoms with Gasteiger partial charge < -0.3 is 10.2 Å². The lowest BCUT2D eigenvalue weighted by Crippen LogP contribution is -2.35. The number of pyridine rings is 1. The molecule has 110 valence electrons. The minimum absolute atomic E-state index is 0.0116. The van der Waals surface area contributed by atoms with Gasteiger partial charge in [-0.3, -0.25) is 14.9 Å². The highest BCUT2D eigenvalue weighted by molar-refractivity contribution is 6.32. The zero-order chi connectivity index (χ0) is 15.3. The highest BCUT2D eigenvalue weighted by atomic mass is 35.5. The Morgan fingerprint density at radius 2 is 2.25 bits per heavy atom. The maximum atomic E-state index is 12.0. The average Bonchev–Trinajstić information content (AvgIpc) is 2.36. The number of nitro groups is 1. The van der Waals surface area contributed by atoms with Gasteiger partial charge in [0.1, 0.15) is 11.3 Å². The summed E-state index contributed by atoms with van der Waals surface area (Å²) in [5.41, 5.74) is -0.252. The molecular formula is C12H17ClN4O3. The van der Waals surface area contributed by atoms with Gasteiger partial charge in [0, 0.05) is 12.1 Å². The van der Waals surface area contributed by atoms with Crippen LogP contribution in [0.1, 0.15) is 23.7 Å². The Hall–Kier alpha value is -1.73. The molecule has 1 unspecified atom stereocenters. The van der Waals surface area contributed by atoms with Crippen molar-refractivity contribution in [3.63, 3.8) is 0 Å². The first-order valence-electron chi connectivity index (χ1n) is 6.06. The van der Waals surface area contributed by atoms with Crippen LogP contribution in [-0.2, 0) is 0 Å². The maximum absolute atomic E-state index is 12.0. The van der Waals surface area contributed by atoms with Gasteiger partial charge in [-0.1, -0.05) is 11.6 Å². The molecule has 1 heterocycles. The second-order valence-corrected chi connectivity index (χ2v) is 5.11. The Morgan fingerprint density at radius 1 is 1.60 bits per heavy atom. The molecule has 1 aromatic rings. The van der Waals surface area contributed by atoms with Gasteiger partial charge in [0.25, 0.3) is 11.6 Å². The Labute approximate surface area is 122 Å². The highest BCUT2D eigenvalue weighted by Crippen LogP contribution is 2.19. The molecule has 1 N–H and O–H groups in total. The van der Waals surface area contributed by atoms with Crippen molar-refractivity contribution >= 4 is 23.2 Å². The smallest absolute Gasteiger partial charge is 0.288 e. The van der Waals surface area contributed by atoms with Gasteiger partial charge in [-0.05, 0) is 34.0 Å². The minimum Gasteiger partial charge on any atom is -0.349 e. The molecule has 0 spiro atoms. The minimum atomic E-state index is -0.615. The van der Waals surface area contributed by atoms with Crippen LogP contribution in [0.4, 0.5) is 5.69 Å². The summed E-state index contributed by atoms with van der Waals surface area (Å²) in [7, 11) is 3.88. The van der Waals surface area contributed by atoms with Crippen LogP contribution < -0.4 is 5.32 Å². The summed E-state index contributed by atoms with van der Waals surface area (Å²) < 4.78 is 0. The topological polar surface area (TPSA) is 88.4 Å². The van der Waals surface area contributed by atoms with Gasteiger partial charge in [0.05, 0.1) is 10.5 Å². The largest absolute Gasteiger partial charge is 0.349 e. The van der Waals surface area contributed by atoms with Crippen LogP contribution in [-0.4, -0.2) is 47.4 Å². The quantitative estimate of drug-likeness (QED) is 0.491. The van der Waals surface area contributed by atoms with E-state index in [1.54, 1.807) is 0 Å². The number of amides is 1. The molecule has 0 bridgehead atoms. The summed E-state index contributed by atoms with van der Waals surface area (Å²) in [6.45, 7) is 2.68. The van der Waals surface area contributed by atoms with E-state index in [0.29, 0.717) is 0 Å². The standard InChI is InChI=1S/C12H17ClN4O3/c1-8(4-5-16(2)3)15-12(18)10-6-9(17(19)20)7-14-11(10)13/h6-8H,4-5H2,1-3H3,(H,15,18). The van der Waals surface area contributed by atoms with Crippen molar-refractivity contribution < 1.29 is 9.72 Å². The van der Waals surface area contributed by atoms with E-state index in [2.05, 4.69) is 10.3 Å². The molecule has 0 aliphatic rings. The van der Waals surface area contributed by atoms with E-state index < -0.39 is 10.8 Å². The number of nitrogens with zero attached hydrogens (tertiary/aromatic N) is 3. The van der Waals surface area contributed by atoms with Crippen molar-refractivity contribution in [3.8, 4) is 0 Å². The van der Waals surface area contributed by atoms with Crippen molar-refractivity contribution in [1.29, 1.82) is 0 Å². The van der Waals surface area contributed by atoms with Crippen LogP contribution in [0.25, 0.3) is 0 Å². The van der Waals surface area contributed by atoms with Crippen molar-refractivity contribution in [3.05, 3.63) is 33.1 Å². The molecule has 0 aliphatic heterocycles. The fourth-order valence-electron chi connectivity index (χ4n) is 1.52. The number of carbonyl (C=O) groups excluding carboxylic acids is 1. The fraction of sp³-hybridized carbons (Fsp3) is 0.500. The number of carbonyl (C=O) groups is 1. The first kappa shape index (κ1) is 16.3. The third-order valence-corrected chi connectivity index (χ3v) is 2.97. The predicted octanol–water partition coefficient (Wildman–Crippen LogP) is 1.71. The van der Waals surface area contributed by atoms with Crippen molar-refractivity contribution in [1.82, 2.24) is 15.2 Å². The van der Waals surface area contributed by atoms with Gasteiger partial charge >= 0.3 is 0 Å². The van der Waals surface area contributed by atoms with Gasteiger partial charge in [-0.2, -0.15) is 0 Å². The number of hydrogen-bond acceptors (Lipinski definition) is 5. The second-order valence-electron chi connectivity index (χ2n) is 4.76. The molecule has 1 rings (SSSR count). The van der Waals surface area contributed by atoms with Crippen LogP contribution in [0.15, 0.2) is 12.3 Å². The molecule has 0 aliphatic carbocycles. The Kier molecular flexibility index (Phi) is 5.84. The summed E-state index contributed by atoms with van der Waals surface area (Å²) in [6.07, 6.45) is 1.79. The monoisotopic (exact) mass is 300 g/mol. The lowest BCUT2D eigenvalue weighted by molar-refractivity contribution is -0.385. The summed E-state index contributed by atoms with van der Waals surface area (Å²) in [6, 6.07) is 1.06. The molecule has 0 fully saturated rings. The normalized spacial score (nSPS) is 12.2. The van der Waals surface area contributed by atoms with E-state index in [-0.39, 0.29) is 22.4 Å². The molecule has 0 saturated heterocycles. The second kappa shape index (κ2) is 7.16. The number of halogens is 1. The third kappa shape index (κ3) is 4.75. The zero-order valence-electron chi connectivity index (χ0n) is 11.6. The predicted molar refractivity (Wildman–Crippen MR) is 76.0 cm³/mol. The Bertz CT molecular complexity index is 507. The van der Waals surface area contributed by atoms with E-state index in [4.69, 9.17) is 11.6 Å². The number of nitrogens with one attached hydrogen (secondary N) is 1. The first-order chi connectivity index (χ1) is 9.31. The Balaban J connectivity index is 2.76. The van der Waals surface area contributed by atoms with E-state index in [1.807, 2.05) is 25.9 Å². The molecule has 20 heavy (non-hydrogen) atoms. The lowest BCUT2D eigenvalue weighted by Gasteiger charge is -2.16. The molecule has 0 radical (unpaired) electrons. The molecule has 0 aromatic carbocycles. The fourth-order valence-corrected chi connectivity index (χ4v) is 1.71. The third-order valence-electron chi connectivity index (χ3n) is 2.67. The number of rotatable bonds is 6. The van der Waals surface area contributed by atoms with E-state index in [1.165, 1.54) is 0 Å². The van der Waals surface area contributed by atoms with Gasteiger partial charge in [-0.25, -0.2) is 4.98 Å². The van der Waals surface area contributed by atoms with Gasteiger partial charge in [0.15, 0.2) is 0 Å². The van der Waals surface area contributed by atoms with Crippen LogP contribution >= 0.6 is 11.6 Å². The maximum Gasteiger partial charge on any atom is 0.288 e. The summed E-state index contributed by atoms with van der Waals surface area (Å²) in [5, 5.41) is 13.4. The molecule has 7 nitrogen and oxygen atoms in total. The number of aromatic nitrogens is 1. The van der Waals surface area contributed by atoms with Gasteiger partial charge in [-0.15, -0.1) is 0 Å². The molecule has 1 amide bonds. The average molecular weight is 301 g/mol. The molecule has 1 atom stereocenters. The summed E-state index contributed by atoms with van der Waals surface area (Å²) in [4.78, 5) is 27.7. The molecule has 1 aromatic heterocycles. The highest BCUT2D eigenvalue weighted by Gasteiger charge is 2.18. The van der Waals surface area contributed by atoms with Crippen LogP contribution in [0.5, 0.6) is 0 Å².